The number of anilines is 1. The summed E-state index contributed by atoms with van der Waals surface area (Å²) >= 11 is 0. The molecule has 160 valence electrons. The van der Waals surface area contributed by atoms with Crippen LogP contribution in [0.3, 0.4) is 0 Å². The fourth-order valence-electron chi connectivity index (χ4n) is 4.67. The third-order valence-electron chi connectivity index (χ3n) is 6.43. The number of aromatic nitrogens is 5. The number of aryl methyl sites for hydroxylation is 2. The van der Waals surface area contributed by atoms with E-state index in [9.17, 15) is 0 Å². The van der Waals surface area contributed by atoms with Crippen molar-refractivity contribution in [2.24, 2.45) is 0 Å². The number of rotatable bonds is 3. The maximum absolute atomic E-state index is 4.74. The van der Waals surface area contributed by atoms with Gasteiger partial charge in [0.15, 0.2) is 5.65 Å². The molecule has 0 unspecified atom stereocenters. The Hall–Kier alpha value is -3.71. The predicted octanol–water partition coefficient (Wildman–Crippen LogP) is 3.97. The summed E-state index contributed by atoms with van der Waals surface area (Å²) in [6.45, 7) is 8.26. The number of benzene rings is 1. The van der Waals surface area contributed by atoms with Crippen LogP contribution in [0.15, 0.2) is 55.1 Å². The van der Waals surface area contributed by atoms with Crippen molar-refractivity contribution in [1.29, 1.82) is 0 Å². The minimum atomic E-state index is 0.890. The normalized spacial score (nSPS) is 14.5. The Labute approximate surface area is 186 Å². The van der Waals surface area contributed by atoms with Crippen LogP contribution in [0, 0.1) is 13.8 Å². The molecule has 1 aliphatic heterocycles. The van der Waals surface area contributed by atoms with Gasteiger partial charge in [-0.2, -0.15) is 5.10 Å². The van der Waals surface area contributed by atoms with Crippen LogP contribution >= 0.6 is 0 Å². The second-order valence-corrected chi connectivity index (χ2v) is 8.47. The highest BCUT2D eigenvalue weighted by Crippen LogP contribution is 2.33. The Balaban J connectivity index is 1.36. The molecule has 0 radical (unpaired) electrons. The molecular weight excluding hydrogens is 398 g/mol. The Morgan fingerprint density at radius 3 is 2.56 bits per heavy atom. The average molecular weight is 424 g/mol. The van der Waals surface area contributed by atoms with E-state index in [2.05, 4.69) is 75.5 Å². The van der Waals surface area contributed by atoms with E-state index in [4.69, 9.17) is 4.98 Å². The van der Waals surface area contributed by atoms with Gasteiger partial charge in [0.1, 0.15) is 12.1 Å². The molecule has 0 aliphatic carbocycles. The third kappa shape index (κ3) is 3.13. The zero-order chi connectivity index (χ0) is 21.7. The lowest BCUT2D eigenvalue weighted by Crippen LogP contribution is -2.43. The number of piperazine rings is 1. The summed E-state index contributed by atoms with van der Waals surface area (Å²) in [4.78, 5) is 15.0. The largest absolute Gasteiger partial charge is 0.354 e. The molecule has 1 fully saturated rings. The van der Waals surface area contributed by atoms with Crippen molar-refractivity contribution in [3.63, 3.8) is 0 Å². The van der Waals surface area contributed by atoms with Crippen molar-refractivity contribution >= 4 is 22.4 Å². The van der Waals surface area contributed by atoms with E-state index in [0.29, 0.717) is 0 Å². The van der Waals surface area contributed by atoms with Gasteiger partial charge >= 0.3 is 0 Å². The Kier molecular flexibility index (Phi) is 4.43. The van der Waals surface area contributed by atoms with Crippen molar-refractivity contribution < 1.29 is 0 Å². The van der Waals surface area contributed by atoms with Crippen molar-refractivity contribution in [1.82, 2.24) is 29.9 Å². The number of nitrogens with one attached hydrogen (secondary N) is 2. The number of pyridine rings is 2. The van der Waals surface area contributed by atoms with Gasteiger partial charge in [-0.3, -0.25) is 0 Å². The summed E-state index contributed by atoms with van der Waals surface area (Å²) in [5.41, 5.74) is 8.86. The van der Waals surface area contributed by atoms with E-state index in [0.717, 1.165) is 71.1 Å². The molecule has 1 aliphatic rings. The van der Waals surface area contributed by atoms with Gasteiger partial charge in [-0.1, -0.05) is 12.1 Å². The van der Waals surface area contributed by atoms with Gasteiger partial charge in [-0.05, 0) is 54.8 Å². The van der Waals surface area contributed by atoms with Gasteiger partial charge in [0.2, 0.25) is 0 Å². The maximum atomic E-state index is 4.74. The molecule has 7 nitrogen and oxygen atoms in total. The molecule has 1 aromatic carbocycles. The fraction of sp³-hybridized carbons (Fsp3) is 0.240. The second-order valence-electron chi connectivity index (χ2n) is 8.47. The lowest BCUT2D eigenvalue weighted by molar-refractivity contribution is 0.585. The van der Waals surface area contributed by atoms with Crippen LogP contribution in [0.25, 0.3) is 38.9 Å². The molecule has 0 amide bonds. The average Bonchev–Trinajstić information content (AvgIpc) is 3.44. The topological polar surface area (TPSA) is 74.1 Å². The lowest BCUT2D eigenvalue weighted by atomic mass is 10.0. The van der Waals surface area contributed by atoms with Crippen molar-refractivity contribution in [3.8, 4) is 22.4 Å². The first-order valence-corrected chi connectivity index (χ1v) is 11.0. The smallest absolute Gasteiger partial charge is 0.158 e. The molecule has 6 rings (SSSR count). The van der Waals surface area contributed by atoms with Gasteiger partial charge in [0, 0.05) is 60.6 Å². The highest BCUT2D eigenvalue weighted by atomic mass is 15.3. The van der Waals surface area contributed by atoms with E-state index in [-0.39, 0.29) is 0 Å². The summed E-state index contributed by atoms with van der Waals surface area (Å²) in [7, 11) is 0. The number of hydrogen-bond donors (Lipinski definition) is 2. The summed E-state index contributed by atoms with van der Waals surface area (Å²) in [6.07, 6.45) is 5.61. The fourth-order valence-corrected chi connectivity index (χ4v) is 4.67. The Bertz CT molecular complexity index is 1420. The van der Waals surface area contributed by atoms with Crippen LogP contribution in [0.4, 0.5) is 5.82 Å². The zero-order valence-electron chi connectivity index (χ0n) is 18.3. The van der Waals surface area contributed by atoms with Gasteiger partial charge in [0.25, 0.3) is 0 Å². The molecule has 0 bridgehead atoms. The lowest BCUT2D eigenvalue weighted by Gasteiger charge is -2.28. The van der Waals surface area contributed by atoms with Crippen LogP contribution in [0.5, 0.6) is 0 Å². The SMILES string of the molecule is Cc1c(-c2cc(C)c3ncnn3c2)[nH]c2cc(-c3ccc(N4CCNCC4)nc3)ccc12. The molecule has 2 N–H and O–H groups in total. The van der Waals surface area contributed by atoms with E-state index < -0.39 is 0 Å². The van der Waals surface area contributed by atoms with Crippen LogP contribution in [0.2, 0.25) is 0 Å². The number of H-pyrrole nitrogens is 1. The maximum Gasteiger partial charge on any atom is 0.158 e. The van der Waals surface area contributed by atoms with Crippen LogP contribution < -0.4 is 10.2 Å². The highest BCUT2D eigenvalue weighted by molar-refractivity contribution is 5.93. The quantitative estimate of drug-likeness (QED) is 0.459. The van der Waals surface area contributed by atoms with Crippen molar-refractivity contribution in [2.45, 2.75) is 13.8 Å². The van der Waals surface area contributed by atoms with Crippen molar-refractivity contribution in [2.75, 3.05) is 31.1 Å². The monoisotopic (exact) mass is 423 g/mol. The molecule has 0 spiro atoms. The Morgan fingerprint density at radius 1 is 0.906 bits per heavy atom. The first-order chi connectivity index (χ1) is 15.7. The molecule has 0 saturated carbocycles. The number of aromatic amines is 1. The number of nitrogens with zero attached hydrogens (tertiary/aromatic N) is 5. The first kappa shape index (κ1) is 19.0. The highest BCUT2D eigenvalue weighted by Gasteiger charge is 2.14. The molecular formula is C25H25N7. The van der Waals surface area contributed by atoms with Gasteiger partial charge < -0.3 is 15.2 Å². The molecule has 0 atom stereocenters. The molecule has 1 saturated heterocycles. The summed E-state index contributed by atoms with van der Waals surface area (Å²) in [5, 5.41) is 8.94. The first-order valence-electron chi connectivity index (χ1n) is 11.0. The number of fused-ring (bicyclic) bond motifs is 2. The van der Waals surface area contributed by atoms with Gasteiger partial charge in [-0.25, -0.2) is 14.5 Å². The summed E-state index contributed by atoms with van der Waals surface area (Å²) in [5.74, 6) is 1.05. The van der Waals surface area contributed by atoms with E-state index in [1.54, 1.807) is 6.33 Å². The molecule has 5 heterocycles. The van der Waals surface area contributed by atoms with Gasteiger partial charge in [0.05, 0.1) is 5.69 Å². The van der Waals surface area contributed by atoms with Crippen LogP contribution in [-0.4, -0.2) is 50.7 Å². The second kappa shape index (κ2) is 7.46. The predicted molar refractivity (Wildman–Crippen MR) is 128 cm³/mol. The van der Waals surface area contributed by atoms with E-state index in [1.165, 1.54) is 10.9 Å². The molecule has 5 aromatic rings. The van der Waals surface area contributed by atoms with Crippen LogP contribution in [0.1, 0.15) is 11.1 Å². The third-order valence-corrected chi connectivity index (χ3v) is 6.43. The van der Waals surface area contributed by atoms with Crippen LogP contribution in [-0.2, 0) is 0 Å². The van der Waals surface area contributed by atoms with E-state index in [1.807, 2.05) is 16.9 Å². The van der Waals surface area contributed by atoms with E-state index >= 15 is 0 Å². The number of hydrogen-bond acceptors (Lipinski definition) is 5. The molecule has 32 heavy (non-hydrogen) atoms. The minimum absolute atomic E-state index is 0.890. The van der Waals surface area contributed by atoms with Gasteiger partial charge in [-0.15, -0.1) is 0 Å². The van der Waals surface area contributed by atoms with Crippen molar-refractivity contribution in [3.05, 3.63) is 66.2 Å². The summed E-state index contributed by atoms with van der Waals surface area (Å²) < 4.78 is 1.84. The Morgan fingerprint density at radius 2 is 1.75 bits per heavy atom. The summed E-state index contributed by atoms with van der Waals surface area (Å²) in [6, 6.07) is 13.1. The molecule has 7 heteroatoms. The minimum Gasteiger partial charge on any atom is -0.354 e. The molecule has 4 aromatic heterocycles. The standard InChI is InChI=1S/C25H25N7/c1-16-11-20(14-32-25(16)28-15-29-32)24-17(2)21-5-3-18(12-22(21)30-24)19-4-6-23(27-13-19)31-9-7-26-8-10-31/h3-6,11-15,26,30H,7-10H2,1-2H3. The zero-order valence-corrected chi connectivity index (χ0v) is 18.3.